The third-order valence-corrected chi connectivity index (χ3v) is 6.64. The molecule has 2 fully saturated rings. The van der Waals surface area contributed by atoms with E-state index in [9.17, 15) is 9.18 Å². The zero-order valence-corrected chi connectivity index (χ0v) is 18.9. The molecule has 0 saturated carbocycles. The van der Waals surface area contributed by atoms with Crippen molar-refractivity contribution in [3.05, 3.63) is 42.2 Å². The maximum atomic E-state index is 14.0. The first-order valence-electron chi connectivity index (χ1n) is 11.4. The van der Waals surface area contributed by atoms with E-state index in [4.69, 9.17) is 19.2 Å². The molecule has 2 aliphatic rings. The van der Waals surface area contributed by atoms with Crippen molar-refractivity contribution in [2.75, 3.05) is 33.9 Å². The van der Waals surface area contributed by atoms with Gasteiger partial charge in [0, 0.05) is 37.4 Å². The minimum atomic E-state index is -0.317. The van der Waals surface area contributed by atoms with Gasteiger partial charge in [-0.2, -0.15) is 0 Å². The summed E-state index contributed by atoms with van der Waals surface area (Å²) in [5, 5.41) is 0. The normalized spacial score (nSPS) is 19.2. The van der Waals surface area contributed by atoms with Gasteiger partial charge in [0.2, 0.25) is 0 Å². The fraction of sp³-hybridized carbons (Fsp3) is 0.440. The first-order chi connectivity index (χ1) is 16.1. The van der Waals surface area contributed by atoms with Crippen LogP contribution in [-0.4, -0.2) is 60.4 Å². The van der Waals surface area contributed by atoms with Crippen LogP contribution in [0.1, 0.15) is 31.7 Å². The highest BCUT2D eigenvalue weighted by Gasteiger charge is 2.32. The molecule has 3 aromatic rings. The number of carbonyl (C=O) groups is 1. The quantitative estimate of drug-likeness (QED) is 0.579. The van der Waals surface area contributed by atoms with Crippen LogP contribution in [-0.2, 0) is 9.53 Å². The summed E-state index contributed by atoms with van der Waals surface area (Å²) in [5.41, 5.74) is 2.35. The molecule has 2 aromatic carbocycles. The molecule has 0 radical (unpaired) electrons. The molecule has 5 rings (SSSR count). The van der Waals surface area contributed by atoms with Crippen LogP contribution in [0, 0.1) is 5.82 Å². The fourth-order valence-corrected chi connectivity index (χ4v) is 4.94. The van der Waals surface area contributed by atoms with Gasteiger partial charge in [0.15, 0.2) is 11.5 Å². The SMILES string of the molecule is COc1ccc(-c2nc3cc(F)ccc3n2C2CCN(C(=O)C3CCCO3)CC2)cc1OC. The molecule has 7 nitrogen and oxygen atoms in total. The summed E-state index contributed by atoms with van der Waals surface area (Å²) >= 11 is 0. The van der Waals surface area contributed by atoms with Crippen LogP contribution in [0.25, 0.3) is 22.4 Å². The zero-order valence-electron chi connectivity index (χ0n) is 18.9. The summed E-state index contributed by atoms with van der Waals surface area (Å²) in [6.45, 7) is 1.99. The Hall–Kier alpha value is -3.13. The van der Waals surface area contributed by atoms with Gasteiger partial charge in [0.05, 0.1) is 25.3 Å². The van der Waals surface area contributed by atoms with Gasteiger partial charge in [-0.3, -0.25) is 4.79 Å². The highest BCUT2D eigenvalue weighted by molar-refractivity contribution is 5.82. The van der Waals surface area contributed by atoms with Crippen molar-refractivity contribution in [3.8, 4) is 22.9 Å². The van der Waals surface area contributed by atoms with Crippen LogP contribution in [0.15, 0.2) is 36.4 Å². The molecule has 0 aliphatic carbocycles. The van der Waals surface area contributed by atoms with E-state index in [1.165, 1.54) is 12.1 Å². The number of rotatable bonds is 5. The van der Waals surface area contributed by atoms with E-state index in [-0.39, 0.29) is 23.9 Å². The molecule has 8 heteroatoms. The fourth-order valence-electron chi connectivity index (χ4n) is 4.94. The van der Waals surface area contributed by atoms with Gasteiger partial charge < -0.3 is 23.7 Å². The molecule has 174 valence electrons. The highest BCUT2D eigenvalue weighted by atomic mass is 19.1. The van der Waals surface area contributed by atoms with Gasteiger partial charge in [-0.25, -0.2) is 9.37 Å². The van der Waals surface area contributed by atoms with Crippen molar-refractivity contribution in [2.45, 2.75) is 37.8 Å². The van der Waals surface area contributed by atoms with E-state index in [1.54, 1.807) is 20.3 Å². The number of piperidine rings is 1. The third kappa shape index (κ3) is 4.04. The predicted molar refractivity (Wildman–Crippen MR) is 122 cm³/mol. The highest BCUT2D eigenvalue weighted by Crippen LogP contribution is 2.37. The largest absolute Gasteiger partial charge is 0.493 e. The van der Waals surface area contributed by atoms with Crippen molar-refractivity contribution in [1.82, 2.24) is 14.5 Å². The first kappa shape index (κ1) is 21.7. The Morgan fingerprint density at radius 2 is 1.85 bits per heavy atom. The lowest BCUT2D eigenvalue weighted by Crippen LogP contribution is -2.44. The maximum Gasteiger partial charge on any atom is 0.251 e. The van der Waals surface area contributed by atoms with E-state index in [0.717, 1.165) is 42.6 Å². The Morgan fingerprint density at radius 3 is 2.55 bits per heavy atom. The molecule has 33 heavy (non-hydrogen) atoms. The summed E-state index contributed by atoms with van der Waals surface area (Å²) < 4.78 is 32.6. The van der Waals surface area contributed by atoms with Crippen LogP contribution in [0.2, 0.25) is 0 Å². The molecule has 0 spiro atoms. The Morgan fingerprint density at radius 1 is 1.06 bits per heavy atom. The van der Waals surface area contributed by atoms with Crippen LogP contribution in [0.4, 0.5) is 4.39 Å². The summed E-state index contributed by atoms with van der Waals surface area (Å²) in [6, 6.07) is 10.5. The Kier molecular flexibility index (Phi) is 5.93. The number of hydrogen-bond acceptors (Lipinski definition) is 5. The Labute approximate surface area is 192 Å². The average Bonchev–Trinajstić information content (AvgIpc) is 3.51. The second-order valence-corrected chi connectivity index (χ2v) is 8.57. The number of aromatic nitrogens is 2. The number of amides is 1. The summed E-state index contributed by atoms with van der Waals surface area (Å²) in [4.78, 5) is 19.5. The number of imidazole rings is 1. The van der Waals surface area contributed by atoms with Crippen molar-refractivity contribution in [1.29, 1.82) is 0 Å². The van der Waals surface area contributed by atoms with Crippen LogP contribution >= 0.6 is 0 Å². The molecule has 3 heterocycles. The number of benzene rings is 2. The molecule has 0 N–H and O–H groups in total. The molecular weight excluding hydrogens is 425 g/mol. The van der Waals surface area contributed by atoms with Crippen molar-refractivity contribution in [2.24, 2.45) is 0 Å². The molecule has 2 aliphatic heterocycles. The van der Waals surface area contributed by atoms with Gasteiger partial charge >= 0.3 is 0 Å². The maximum absolute atomic E-state index is 14.0. The van der Waals surface area contributed by atoms with Gasteiger partial charge in [0.25, 0.3) is 5.91 Å². The monoisotopic (exact) mass is 453 g/mol. The van der Waals surface area contributed by atoms with Crippen molar-refractivity contribution >= 4 is 16.9 Å². The van der Waals surface area contributed by atoms with Crippen molar-refractivity contribution in [3.63, 3.8) is 0 Å². The van der Waals surface area contributed by atoms with Gasteiger partial charge in [-0.05, 0) is 56.0 Å². The number of ether oxygens (including phenoxy) is 3. The minimum Gasteiger partial charge on any atom is -0.493 e. The van der Waals surface area contributed by atoms with Gasteiger partial charge in [-0.15, -0.1) is 0 Å². The number of nitrogens with zero attached hydrogens (tertiary/aromatic N) is 3. The first-order valence-corrected chi connectivity index (χ1v) is 11.4. The summed E-state index contributed by atoms with van der Waals surface area (Å²) in [5.74, 6) is 1.78. The summed E-state index contributed by atoms with van der Waals surface area (Å²) in [6.07, 6.45) is 3.04. The van der Waals surface area contributed by atoms with E-state index < -0.39 is 0 Å². The number of carbonyl (C=O) groups excluding carboxylic acids is 1. The van der Waals surface area contributed by atoms with Crippen molar-refractivity contribution < 1.29 is 23.4 Å². The van der Waals surface area contributed by atoms with Crippen LogP contribution < -0.4 is 9.47 Å². The van der Waals surface area contributed by atoms with E-state index in [2.05, 4.69) is 4.57 Å². The number of fused-ring (bicyclic) bond motifs is 1. The third-order valence-electron chi connectivity index (χ3n) is 6.64. The minimum absolute atomic E-state index is 0.101. The van der Waals surface area contributed by atoms with E-state index in [0.29, 0.717) is 36.7 Å². The van der Waals surface area contributed by atoms with Crippen LogP contribution in [0.5, 0.6) is 11.5 Å². The standard InChI is InChI=1S/C25H28FN3O4/c1-31-21-8-5-16(14-23(21)32-2)24-27-19-15-17(26)6-7-20(19)29(24)18-9-11-28(12-10-18)25(30)22-4-3-13-33-22/h5-8,14-15,18,22H,3-4,9-13H2,1-2H3. The number of hydrogen-bond donors (Lipinski definition) is 0. The lowest BCUT2D eigenvalue weighted by molar-refractivity contribution is -0.142. The van der Waals surface area contributed by atoms with E-state index >= 15 is 0 Å². The topological polar surface area (TPSA) is 65.8 Å². The predicted octanol–water partition coefficient (Wildman–Crippen LogP) is 4.20. The smallest absolute Gasteiger partial charge is 0.251 e. The van der Waals surface area contributed by atoms with Gasteiger partial charge in [0.1, 0.15) is 17.7 Å². The second-order valence-electron chi connectivity index (χ2n) is 8.57. The van der Waals surface area contributed by atoms with Crippen LogP contribution in [0.3, 0.4) is 0 Å². The summed E-state index contributed by atoms with van der Waals surface area (Å²) in [7, 11) is 3.20. The lowest BCUT2D eigenvalue weighted by atomic mass is 10.0. The molecule has 1 atom stereocenters. The molecular formula is C25H28FN3O4. The lowest BCUT2D eigenvalue weighted by Gasteiger charge is -2.34. The Balaban J connectivity index is 1.48. The van der Waals surface area contributed by atoms with E-state index in [1.807, 2.05) is 23.1 Å². The van der Waals surface area contributed by atoms with Gasteiger partial charge in [-0.1, -0.05) is 0 Å². The number of methoxy groups -OCH3 is 2. The number of halogens is 1. The molecule has 1 amide bonds. The average molecular weight is 454 g/mol. The zero-order chi connectivity index (χ0) is 22.9. The molecule has 0 bridgehead atoms. The molecule has 1 unspecified atom stereocenters. The Bertz CT molecular complexity index is 1160. The molecule has 1 aromatic heterocycles. The molecule has 2 saturated heterocycles. The second kappa shape index (κ2) is 9.02. The number of likely N-dealkylation sites (tertiary alicyclic amines) is 1.